The zero-order valence-electron chi connectivity index (χ0n) is 23.4. The van der Waals surface area contributed by atoms with Gasteiger partial charge in [-0.2, -0.15) is 0 Å². The molecule has 202 valence electrons. The predicted molar refractivity (Wildman–Crippen MR) is 180 cm³/mol. The molecule has 2 heterocycles. The largest absolute Gasteiger partial charge is 0.309 e. The van der Waals surface area contributed by atoms with Crippen LogP contribution in [-0.4, -0.2) is 9.97 Å². The molecule has 43 heavy (non-hydrogen) atoms. The van der Waals surface area contributed by atoms with Crippen molar-refractivity contribution in [2.24, 2.45) is 0 Å². The SMILES string of the molecule is c1ccc(-c2ccc(N(c3ccc(-c4ccccc4)cc3)c3c4ccccc4nc4c3ccc3cccnc34)cc2)cc1. The quantitative estimate of drug-likeness (QED) is 0.158. The minimum absolute atomic E-state index is 0.901. The first kappa shape index (κ1) is 25.0. The zero-order valence-corrected chi connectivity index (χ0v) is 23.4. The Morgan fingerprint density at radius 2 is 0.953 bits per heavy atom. The summed E-state index contributed by atoms with van der Waals surface area (Å²) < 4.78 is 0. The van der Waals surface area contributed by atoms with Crippen molar-refractivity contribution in [1.29, 1.82) is 0 Å². The molecule has 0 saturated heterocycles. The van der Waals surface area contributed by atoms with Crippen LogP contribution in [0.15, 0.2) is 164 Å². The van der Waals surface area contributed by atoms with Crippen molar-refractivity contribution in [2.75, 3.05) is 4.90 Å². The Morgan fingerprint density at radius 3 is 1.58 bits per heavy atom. The van der Waals surface area contributed by atoms with Gasteiger partial charge in [0, 0.05) is 33.7 Å². The second-order valence-corrected chi connectivity index (χ2v) is 10.7. The van der Waals surface area contributed by atoms with Crippen LogP contribution < -0.4 is 4.90 Å². The molecule has 0 saturated carbocycles. The molecule has 8 aromatic rings. The highest BCUT2D eigenvalue weighted by molar-refractivity contribution is 6.17. The highest BCUT2D eigenvalue weighted by atomic mass is 15.1. The van der Waals surface area contributed by atoms with E-state index >= 15 is 0 Å². The number of rotatable bonds is 5. The van der Waals surface area contributed by atoms with Crippen LogP contribution in [0.3, 0.4) is 0 Å². The molecule has 0 spiro atoms. The first-order valence-corrected chi connectivity index (χ1v) is 14.5. The first-order chi connectivity index (χ1) is 21.3. The van der Waals surface area contributed by atoms with Gasteiger partial charge < -0.3 is 4.90 Å². The van der Waals surface area contributed by atoms with Crippen LogP contribution in [0.2, 0.25) is 0 Å². The lowest BCUT2D eigenvalue weighted by Gasteiger charge is -2.28. The molecule has 0 aliphatic heterocycles. The molecule has 0 bridgehead atoms. The summed E-state index contributed by atoms with van der Waals surface area (Å²) in [5.41, 5.74) is 10.8. The van der Waals surface area contributed by atoms with Crippen molar-refractivity contribution in [1.82, 2.24) is 9.97 Å². The molecular formula is C40H27N3. The second-order valence-electron chi connectivity index (χ2n) is 10.7. The van der Waals surface area contributed by atoms with Gasteiger partial charge in [0.25, 0.3) is 0 Å². The minimum atomic E-state index is 0.901. The lowest BCUT2D eigenvalue weighted by Crippen LogP contribution is -2.11. The minimum Gasteiger partial charge on any atom is -0.309 e. The highest BCUT2D eigenvalue weighted by Gasteiger charge is 2.21. The average molecular weight is 550 g/mol. The number of hydrogen-bond donors (Lipinski definition) is 0. The molecule has 0 aliphatic rings. The summed E-state index contributed by atoms with van der Waals surface area (Å²) in [6.45, 7) is 0. The van der Waals surface area contributed by atoms with Crippen LogP contribution in [0.4, 0.5) is 17.1 Å². The van der Waals surface area contributed by atoms with E-state index in [1.165, 1.54) is 22.3 Å². The lowest BCUT2D eigenvalue weighted by atomic mass is 10.0. The number of anilines is 3. The number of hydrogen-bond acceptors (Lipinski definition) is 3. The van der Waals surface area contributed by atoms with E-state index in [1.807, 2.05) is 12.3 Å². The molecule has 0 N–H and O–H groups in total. The Kier molecular flexibility index (Phi) is 6.12. The maximum Gasteiger partial charge on any atom is 0.0993 e. The van der Waals surface area contributed by atoms with Crippen LogP contribution in [0.25, 0.3) is 55.0 Å². The third-order valence-corrected chi connectivity index (χ3v) is 8.08. The molecule has 0 amide bonds. The van der Waals surface area contributed by atoms with Crippen molar-refractivity contribution < 1.29 is 0 Å². The normalized spacial score (nSPS) is 11.3. The average Bonchev–Trinajstić information content (AvgIpc) is 3.09. The van der Waals surface area contributed by atoms with Gasteiger partial charge in [-0.15, -0.1) is 0 Å². The monoisotopic (exact) mass is 549 g/mol. The molecule has 6 aromatic carbocycles. The van der Waals surface area contributed by atoms with E-state index in [4.69, 9.17) is 9.97 Å². The first-order valence-electron chi connectivity index (χ1n) is 14.5. The van der Waals surface area contributed by atoms with E-state index < -0.39 is 0 Å². The van der Waals surface area contributed by atoms with Crippen molar-refractivity contribution in [3.8, 4) is 22.3 Å². The van der Waals surface area contributed by atoms with Crippen LogP contribution in [0.1, 0.15) is 0 Å². The summed E-state index contributed by atoms with van der Waals surface area (Å²) in [4.78, 5) is 12.3. The molecule has 0 atom stereocenters. The van der Waals surface area contributed by atoms with Crippen LogP contribution in [-0.2, 0) is 0 Å². The highest BCUT2D eigenvalue weighted by Crippen LogP contribution is 2.44. The van der Waals surface area contributed by atoms with E-state index in [-0.39, 0.29) is 0 Å². The second kappa shape index (κ2) is 10.6. The molecule has 0 aliphatic carbocycles. The van der Waals surface area contributed by atoms with Crippen molar-refractivity contribution in [2.45, 2.75) is 0 Å². The Morgan fingerprint density at radius 1 is 0.395 bits per heavy atom. The maximum absolute atomic E-state index is 5.15. The lowest BCUT2D eigenvalue weighted by molar-refractivity contribution is 1.30. The number of aromatic nitrogens is 2. The van der Waals surface area contributed by atoms with Crippen LogP contribution in [0.5, 0.6) is 0 Å². The fraction of sp³-hybridized carbons (Fsp3) is 0. The fourth-order valence-corrected chi connectivity index (χ4v) is 5.99. The maximum atomic E-state index is 5.15. The van der Waals surface area contributed by atoms with E-state index in [0.29, 0.717) is 0 Å². The van der Waals surface area contributed by atoms with E-state index in [9.17, 15) is 0 Å². The van der Waals surface area contributed by atoms with E-state index in [0.717, 1.165) is 49.8 Å². The van der Waals surface area contributed by atoms with Gasteiger partial charge in [0.15, 0.2) is 0 Å². The van der Waals surface area contributed by atoms with E-state index in [1.54, 1.807) is 0 Å². The van der Waals surface area contributed by atoms with Gasteiger partial charge in [-0.1, -0.05) is 115 Å². The van der Waals surface area contributed by atoms with Gasteiger partial charge in [0.2, 0.25) is 0 Å². The van der Waals surface area contributed by atoms with Crippen molar-refractivity contribution in [3.05, 3.63) is 164 Å². The van der Waals surface area contributed by atoms with Gasteiger partial charge in [-0.3, -0.25) is 4.98 Å². The van der Waals surface area contributed by atoms with Crippen LogP contribution in [0, 0.1) is 0 Å². The number of pyridine rings is 2. The summed E-state index contributed by atoms with van der Waals surface area (Å²) in [5, 5.41) is 3.23. The van der Waals surface area contributed by atoms with Crippen molar-refractivity contribution >= 4 is 49.8 Å². The number of benzene rings is 6. The molecule has 0 fully saturated rings. The van der Waals surface area contributed by atoms with Gasteiger partial charge in [0.05, 0.1) is 22.2 Å². The number of para-hydroxylation sites is 1. The van der Waals surface area contributed by atoms with Gasteiger partial charge in [-0.05, 0) is 64.7 Å². The van der Waals surface area contributed by atoms with E-state index in [2.05, 4.69) is 157 Å². The Bertz CT molecular complexity index is 2120. The van der Waals surface area contributed by atoms with Gasteiger partial charge >= 0.3 is 0 Å². The fourth-order valence-electron chi connectivity index (χ4n) is 5.99. The summed E-state index contributed by atoms with van der Waals surface area (Å²) in [6, 6.07) is 55.5. The number of nitrogens with zero attached hydrogens (tertiary/aromatic N) is 3. The van der Waals surface area contributed by atoms with Gasteiger partial charge in [0.1, 0.15) is 0 Å². The number of fused-ring (bicyclic) bond motifs is 4. The molecule has 2 aromatic heterocycles. The van der Waals surface area contributed by atoms with Crippen LogP contribution >= 0.6 is 0 Å². The summed E-state index contributed by atoms with van der Waals surface area (Å²) in [6.07, 6.45) is 1.85. The zero-order chi connectivity index (χ0) is 28.6. The van der Waals surface area contributed by atoms with Gasteiger partial charge in [-0.25, -0.2) is 4.98 Å². The molecule has 0 radical (unpaired) electrons. The topological polar surface area (TPSA) is 29.0 Å². The Labute approximate surface area is 250 Å². The third-order valence-electron chi connectivity index (χ3n) is 8.08. The molecular weight excluding hydrogens is 522 g/mol. The molecule has 3 heteroatoms. The summed E-state index contributed by atoms with van der Waals surface area (Å²) in [5.74, 6) is 0. The van der Waals surface area contributed by atoms with Crippen molar-refractivity contribution in [3.63, 3.8) is 0 Å². The molecule has 8 rings (SSSR count). The Balaban J connectivity index is 1.39. The predicted octanol–water partition coefficient (Wildman–Crippen LogP) is 10.7. The summed E-state index contributed by atoms with van der Waals surface area (Å²) >= 11 is 0. The summed E-state index contributed by atoms with van der Waals surface area (Å²) in [7, 11) is 0. The standard InChI is InChI=1S/C40H27N3/c1-3-10-28(11-4-1)30-17-22-33(23-18-30)43(34-24-19-31(20-25-34)29-12-5-2-6-13-29)40-35-15-7-8-16-37(35)42-39-36(40)26-21-32-14-9-27-41-38(32)39/h1-27H. The molecule has 0 unspecified atom stereocenters. The Hall–Kier alpha value is -5.80. The smallest absolute Gasteiger partial charge is 0.0993 e. The third kappa shape index (κ3) is 4.48. The molecule has 3 nitrogen and oxygen atoms in total.